The molecule has 0 fully saturated rings. The van der Waals surface area contributed by atoms with E-state index in [2.05, 4.69) is 20.5 Å². The van der Waals surface area contributed by atoms with Gasteiger partial charge in [0, 0.05) is 12.6 Å². The summed E-state index contributed by atoms with van der Waals surface area (Å²) >= 11 is 1.10. The first kappa shape index (κ1) is 18.7. The molecule has 9 heteroatoms. The molecule has 3 aromatic rings. The van der Waals surface area contributed by atoms with E-state index in [1.54, 1.807) is 12.3 Å². The van der Waals surface area contributed by atoms with Gasteiger partial charge in [-0.2, -0.15) is 0 Å². The number of carbonyl (C=O) groups excluding carboxylic acids is 2. The van der Waals surface area contributed by atoms with Crippen LogP contribution in [0.1, 0.15) is 5.56 Å². The summed E-state index contributed by atoms with van der Waals surface area (Å²) < 4.78 is 10.3. The fourth-order valence-electron chi connectivity index (χ4n) is 2.39. The number of carbonyl (C=O) groups is 2. The highest BCUT2D eigenvalue weighted by atomic mass is 32.2. The van der Waals surface area contributed by atoms with E-state index in [4.69, 9.17) is 9.15 Å². The zero-order valence-electron chi connectivity index (χ0n) is 14.5. The molecule has 1 aromatic carbocycles. The SMILES string of the molecule is COC(=O)[C@H](Cc1ccccc1)NC(=O)CSc1nnc(-c2ccc[nH]2)o1. The second-order valence-corrected chi connectivity index (χ2v) is 6.51. The number of nitrogens with one attached hydrogen (secondary N) is 2. The maximum absolute atomic E-state index is 12.2. The van der Waals surface area contributed by atoms with Crippen LogP contribution in [0, 0.1) is 0 Å². The van der Waals surface area contributed by atoms with Crippen LogP contribution in [0.3, 0.4) is 0 Å². The smallest absolute Gasteiger partial charge is 0.328 e. The van der Waals surface area contributed by atoms with Gasteiger partial charge in [0.2, 0.25) is 5.91 Å². The van der Waals surface area contributed by atoms with Gasteiger partial charge in [0.05, 0.1) is 12.9 Å². The van der Waals surface area contributed by atoms with Gasteiger partial charge in [0.15, 0.2) is 0 Å². The number of hydrogen-bond donors (Lipinski definition) is 2. The van der Waals surface area contributed by atoms with Crippen molar-refractivity contribution >= 4 is 23.6 Å². The number of hydrogen-bond acceptors (Lipinski definition) is 7. The maximum Gasteiger partial charge on any atom is 0.328 e. The van der Waals surface area contributed by atoms with Crippen molar-refractivity contribution in [3.8, 4) is 11.6 Å². The monoisotopic (exact) mass is 386 g/mol. The summed E-state index contributed by atoms with van der Waals surface area (Å²) in [7, 11) is 1.29. The highest BCUT2D eigenvalue weighted by molar-refractivity contribution is 7.99. The number of nitrogens with zero attached hydrogens (tertiary/aromatic N) is 2. The van der Waals surface area contributed by atoms with E-state index in [1.165, 1.54) is 7.11 Å². The van der Waals surface area contributed by atoms with Crippen LogP contribution in [0.15, 0.2) is 58.3 Å². The Morgan fingerprint density at radius 2 is 2.04 bits per heavy atom. The Morgan fingerprint density at radius 1 is 1.22 bits per heavy atom. The number of amides is 1. The molecule has 140 valence electrons. The molecule has 0 aliphatic rings. The van der Waals surface area contributed by atoms with Crippen molar-refractivity contribution in [2.75, 3.05) is 12.9 Å². The molecule has 8 nitrogen and oxygen atoms in total. The molecule has 0 radical (unpaired) electrons. The van der Waals surface area contributed by atoms with Crippen LogP contribution in [0.25, 0.3) is 11.6 Å². The minimum absolute atomic E-state index is 0.0364. The summed E-state index contributed by atoms with van der Waals surface area (Å²) in [6.07, 6.45) is 2.10. The normalized spacial score (nSPS) is 11.7. The average Bonchev–Trinajstić information content (AvgIpc) is 3.37. The van der Waals surface area contributed by atoms with Gasteiger partial charge in [0.25, 0.3) is 11.1 Å². The quantitative estimate of drug-likeness (QED) is 0.450. The highest BCUT2D eigenvalue weighted by Crippen LogP contribution is 2.21. The maximum atomic E-state index is 12.2. The lowest BCUT2D eigenvalue weighted by atomic mass is 10.1. The molecular formula is C18H18N4O4S. The van der Waals surface area contributed by atoms with Gasteiger partial charge in [-0.1, -0.05) is 42.1 Å². The number of methoxy groups -OCH3 is 1. The molecule has 1 atom stereocenters. The fourth-order valence-corrected chi connectivity index (χ4v) is 2.96. The third-order valence-corrected chi connectivity index (χ3v) is 4.48. The molecule has 0 unspecified atom stereocenters. The standard InChI is InChI=1S/C18H18N4O4S/c1-25-17(24)14(10-12-6-3-2-4-7-12)20-15(23)11-27-18-22-21-16(26-18)13-8-5-9-19-13/h2-9,14,19H,10-11H2,1H3,(H,20,23)/t14-/m0/s1. The Balaban J connectivity index is 1.55. The highest BCUT2D eigenvalue weighted by Gasteiger charge is 2.22. The number of thioether (sulfide) groups is 1. The van der Waals surface area contributed by atoms with E-state index < -0.39 is 12.0 Å². The van der Waals surface area contributed by atoms with Gasteiger partial charge in [-0.25, -0.2) is 4.79 Å². The summed E-state index contributed by atoms with van der Waals surface area (Å²) in [6, 6.07) is 12.3. The molecule has 27 heavy (non-hydrogen) atoms. The van der Waals surface area contributed by atoms with Gasteiger partial charge in [-0.05, 0) is 17.7 Å². The van der Waals surface area contributed by atoms with Crippen LogP contribution in [0.5, 0.6) is 0 Å². The number of rotatable bonds is 8. The average molecular weight is 386 g/mol. The van der Waals surface area contributed by atoms with Gasteiger partial charge in [-0.15, -0.1) is 10.2 Å². The zero-order chi connectivity index (χ0) is 19.1. The third kappa shape index (κ3) is 5.20. The van der Waals surface area contributed by atoms with E-state index in [1.807, 2.05) is 36.4 Å². The molecule has 0 saturated heterocycles. The lowest BCUT2D eigenvalue weighted by Gasteiger charge is -2.16. The number of benzene rings is 1. The van der Waals surface area contributed by atoms with Crippen molar-refractivity contribution < 1.29 is 18.7 Å². The zero-order valence-corrected chi connectivity index (χ0v) is 15.4. The predicted octanol–water partition coefficient (Wildman–Crippen LogP) is 2.06. The molecule has 1 amide bonds. The van der Waals surface area contributed by atoms with Gasteiger partial charge < -0.3 is 19.5 Å². The number of H-pyrrole nitrogens is 1. The lowest BCUT2D eigenvalue weighted by Crippen LogP contribution is -2.43. The van der Waals surface area contributed by atoms with Crippen molar-refractivity contribution in [3.05, 3.63) is 54.2 Å². The first-order chi connectivity index (χ1) is 13.2. The molecule has 0 aliphatic heterocycles. The molecule has 3 rings (SSSR count). The number of esters is 1. The van der Waals surface area contributed by atoms with Crippen LogP contribution >= 0.6 is 11.8 Å². The molecule has 2 heterocycles. The first-order valence-corrected chi connectivity index (χ1v) is 9.15. The number of aromatic amines is 1. The number of ether oxygens (including phenoxy) is 1. The van der Waals surface area contributed by atoms with Crippen LogP contribution in [0.2, 0.25) is 0 Å². The van der Waals surface area contributed by atoms with Crippen LogP contribution < -0.4 is 5.32 Å². The van der Waals surface area contributed by atoms with Crippen LogP contribution in [-0.4, -0.2) is 46.0 Å². The van der Waals surface area contributed by atoms with Crippen molar-refractivity contribution in [2.24, 2.45) is 0 Å². The number of aromatic nitrogens is 3. The van der Waals surface area contributed by atoms with Crippen LogP contribution in [-0.2, 0) is 20.7 Å². The molecular weight excluding hydrogens is 368 g/mol. The lowest BCUT2D eigenvalue weighted by molar-refractivity contribution is -0.144. The van der Waals surface area contributed by atoms with Gasteiger partial charge in [0.1, 0.15) is 11.7 Å². The molecule has 0 spiro atoms. The van der Waals surface area contributed by atoms with Crippen molar-refractivity contribution in [2.45, 2.75) is 17.7 Å². The van der Waals surface area contributed by atoms with Crippen molar-refractivity contribution in [1.82, 2.24) is 20.5 Å². The van der Waals surface area contributed by atoms with E-state index in [0.29, 0.717) is 18.0 Å². The molecule has 2 aromatic heterocycles. The molecule has 0 bridgehead atoms. The molecule has 0 saturated carbocycles. The molecule has 2 N–H and O–H groups in total. The second kappa shape index (κ2) is 9.04. The van der Waals surface area contributed by atoms with Crippen molar-refractivity contribution in [3.63, 3.8) is 0 Å². The Labute approximate surface area is 159 Å². The van der Waals surface area contributed by atoms with Gasteiger partial charge >= 0.3 is 5.97 Å². The second-order valence-electron chi connectivity index (χ2n) is 5.58. The van der Waals surface area contributed by atoms with Crippen molar-refractivity contribution in [1.29, 1.82) is 0 Å². The first-order valence-electron chi connectivity index (χ1n) is 8.17. The van der Waals surface area contributed by atoms with Gasteiger partial charge in [-0.3, -0.25) is 4.79 Å². The minimum atomic E-state index is -0.761. The van der Waals surface area contributed by atoms with E-state index in [0.717, 1.165) is 17.3 Å². The third-order valence-electron chi connectivity index (χ3n) is 3.67. The summed E-state index contributed by atoms with van der Waals surface area (Å²) in [5, 5.41) is 10.8. The topological polar surface area (TPSA) is 110 Å². The van der Waals surface area contributed by atoms with E-state index >= 15 is 0 Å². The Bertz CT molecular complexity index is 880. The predicted molar refractivity (Wildman–Crippen MR) is 98.9 cm³/mol. The van der Waals surface area contributed by atoms with Crippen LogP contribution in [0.4, 0.5) is 0 Å². The largest absolute Gasteiger partial charge is 0.467 e. The summed E-state index contributed by atoms with van der Waals surface area (Å²) in [5.41, 5.74) is 1.63. The molecule has 0 aliphatic carbocycles. The van der Waals surface area contributed by atoms with E-state index in [9.17, 15) is 9.59 Å². The fraction of sp³-hybridized carbons (Fsp3) is 0.222. The van der Waals surface area contributed by atoms with E-state index in [-0.39, 0.29) is 16.9 Å². The summed E-state index contributed by atoms with van der Waals surface area (Å²) in [6.45, 7) is 0. The Kier molecular flexibility index (Phi) is 6.26. The Hall–Kier alpha value is -3.07. The summed E-state index contributed by atoms with van der Waals surface area (Å²) in [4.78, 5) is 27.2. The Morgan fingerprint density at radius 3 is 2.74 bits per heavy atom. The summed E-state index contributed by atoms with van der Waals surface area (Å²) in [5.74, 6) is -0.441. The minimum Gasteiger partial charge on any atom is -0.467 e.